The van der Waals surface area contributed by atoms with E-state index in [1.54, 1.807) is 6.92 Å². The predicted octanol–water partition coefficient (Wildman–Crippen LogP) is 0.155. The maximum Gasteiger partial charge on any atom is 0.338 e. The first-order valence-corrected chi connectivity index (χ1v) is 5.45. The average molecular weight is 253 g/mol. The van der Waals surface area contributed by atoms with Crippen molar-refractivity contribution in [2.45, 2.75) is 13.0 Å². The van der Waals surface area contributed by atoms with Crippen molar-refractivity contribution in [1.82, 2.24) is 0 Å². The molecule has 0 aliphatic carbocycles. The zero-order valence-corrected chi connectivity index (χ0v) is 9.92. The number of nitrogens with one attached hydrogen (secondary N) is 1. The van der Waals surface area contributed by atoms with Crippen molar-refractivity contribution in [3.63, 3.8) is 0 Å². The van der Waals surface area contributed by atoms with Gasteiger partial charge in [0, 0.05) is 5.69 Å². The van der Waals surface area contributed by atoms with E-state index >= 15 is 0 Å². The van der Waals surface area contributed by atoms with Crippen LogP contribution < -0.4 is 5.32 Å². The fourth-order valence-electron chi connectivity index (χ4n) is 1.21. The molecule has 1 rings (SSSR count). The van der Waals surface area contributed by atoms with Gasteiger partial charge in [0.2, 0.25) is 0 Å². The quantitative estimate of drug-likeness (QED) is 0.649. The number of benzene rings is 1. The number of anilines is 1. The zero-order chi connectivity index (χ0) is 13.5. The summed E-state index contributed by atoms with van der Waals surface area (Å²) in [4.78, 5) is 22.6. The van der Waals surface area contributed by atoms with Crippen LogP contribution in [0.15, 0.2) is 24.3 Å². The van der Waals surface area contributed by atoms with E-state index in [1.165, 1.54) is 24.3 Å². The molecular formula is C12H15NO5. The smallest absolute Gasteiger partial charge is 0.338 e. The highest BCUT2D eigenvalue weighted by Gasteiger charge is 2.13. The number of hydrogen-bond acceptors (Lipinski definition) is 5. The summed E-state index contributed by atoms with van der Waals surface area (Å²) in [7, 11) is 0. The number of carbonyl (C=O) groups is 2. The van der Waals surface area contributed by atoms with Crippen LogP contribution in [0, 0.1) is 0 Å². The van der Waals surface area contributed by atoms with E-state index in [1.807, 2.05) is 0 Å². The van der Waals surface area contributed by atoms with Gasteiger partial charge in [-0.1, -0.05) is 0 Å². The van der Waals surface area contributed by atoms with Gasteiger partial charge in [-0.25, -0.2) is 4.79 Å². The number of ether oxygens (including phenoxy) is 1. The van der Waals surface area contributed by atoms with Gasteiger partial charge >= 0.3 is 5.97 Å². The highest BCUT2D eigenvalue weighted by atomic mass is 16.5. The molecule has 0 aromatic heterocycles. The van der Waals surface area contributed by atoms with Crippen LogP contribution in [0.4, 0.5) is 5.69 Å². The number of amides is 1. The molecule has 6 heteroatoms. The molecule has 0 aliphatic rings. The SMILES string of the molecule is CCOC(=O)c1ccc(NC(=O)C(O)CO)cc1. The third-order valence-corrected chi connectivity index (χ3v) is 2.14. The van der Waals surface area contributed by atoms with Crippen molar-refractivity contribution < 1.29 is 24.5 Å². The molecule has 1 atom stereocenters. The minimum Gasteiger partial charge on any atom is -0.462 e. The zero-order valence-electron chi connectivity index (χ0n) is 9.92. The maximum atomic E-state index is 11.4. The highest BCUT2D eigenvalue weighted by molar-refractivity contribution is 5.95. The third kappa shape index (κ3) is 3.83. The second-order valence-electron chi connectivity index (χ2n) is 3.49. The fraction of sp³-hybridized carbons (Fsp3) is 0.333. The third-order valence-electron chi connectivity index (χ3n) is 2.14. The number of carbonyl (C=O) groups excluding carboxylic acids is 2. The Bertz CT molecular complexity index is 415. The lowest BCUT2D eigenvalue weighted by Gasteiger charge is -2.09. The summed E-state index contributed by atoms with van der Waals surface area (Å²) in [6.45, 7) is 1.36. The summed E-state index contributed by atoms with van der Waals surface area (Å²) in [6.07, 6.45) is -1.46. The van der Waals surface area contributed by atoms with E-state index in [0.717, 1.165) is 0 Å². The van der Waals surface area contributed by atoms with E-state index in [4.69, 9.17) is 14.9 Å². The molecule has 0 radical (unpaired) electrons. The Morgan fingerprint density at radius 2 is 1.94 bits per heavy atom. The maximum absolute atomic E-state index is 11.4. The molecule has 0 saturated heterocycles. The van der Waals surface area contributed by atoms with Crippen molar-refractivity contribution in [1.29, 1.82) is 0 Å². The second-order valence-corrected chi connectivity index (χ2v) is 3.49. The van der Waals surface area contributed by atoms with Gasteiger partial charge in [-0.3, -0.25) is 4.79 Å². The monoisotopic (exact) mass is 253 g/mol. The van der Waals surface area contributed by atoms with Crippen molar-refractivity contribution >= 4 is 17.6 Å². The van der Waals surface area contributed by atoms with Crippen molar-refractivity contribution in [2.75, 3.05) is 18.5 Å². The van der Waals surface area contributed by atoms with Gasteiger partial charge in [-0.05, 0) is 31.2 Å². The van der Waals surface area contributed by atoms with Crippen LogP contribution in [-0.4, -0.2) is 41.4 Å². The first-order chi connectivity index (χ1) is 8.58. The van der Waals surface area contributed by atoms with E-state index in [9.17, 15) is 9.59 Å². The molecular weight excluding hydrogens is 238 g/mol. The molecule has 0 bridgehead atoms. The van der Waals surface area contributed by atoms with Crippen LogP contribution in [0.1, 0.15) is 17.3 Å². The van der Waals surface area contributed by atoms with Gasteiger partial charge in [0.05, 0.1) is 18.8 Å². The van der Waals surface area contributed by atoms with E-state index < -0.39 is 24.6 Å². The molecule has 1 amide bonds. The lowest BCUT2D eigenvalue weighted by Crippen LogP contribution is -2.30. The predicted molar refractivity (Wildman–Crippen MR) is 64.1 cm³/mol. The molecule has 0 heterocycles. The normalized spacial score (nSPS) is 11.7. The van der Waals surface area contributed by atoms with Gasteiger partial charge < -0.3 is 20.3 Å². The van der Waals surface area contributed by atoms with Gasteiger partial charge in [0.15, 0.2) is 6.10 Å². The summed E-state index contributed by atoms with van der Waals surface area (Å²) < 4.78 is 4.81. The number of rotatable bonds is 5. The standard InChI is InChI=1S/C12H15NO5/c1-2-18-12(17)8-3-5-9(6-4-8)13-11(16)10(15)7-14/h3-6,10,14-15H,2,7H2,1H3,(H,13,16). The minimum absolute atomic E-state index is 0.292. The molecule has 0 spiro atoms. The van der Waals surface area contributed by atoms with Crippen molar-refractivity contribution in [3.8, 4) is 0 Å². The molecule has 3 N–H and O–H groups in total. The van der Waals surface area contributed by atoms with E-state index in [-0.39, 0.29) is 0 Å². The van der Waals surface area contributed by atoms with Crippen molar-refractivity contribution in [2.24, 2.45) is 0 Å². The summed E-state index contributed by atoms with van der Waals surface area (Å²) in [6, 6.07) is 6.01. The van der Waals surface area contributed by atoms with Crippen LogP contribution in [0.5, 0.6) is 0 Å². The Morgan fingerprint density at radius 1 is 1.33 bits per heavy atom. The van der Waals surface area contributed by atoms with Crippen LogP contribution in [0.2, 0.25) is 0 Å². The van der Waals surface area contributed by atoms with Crippen LogP contribution >= 0.6 is 0 Å². The fourth-order valence-corrected chi connectivity index (χ4v) is 1.21. The first kappa shape index (κ1) is 14.1. The van der Waals surface area contributed by atoms with Crippen molar-refractivity contribution in [3.05, 3.63) is 29.8 Å². The second kappa shape index (κ2) is 6.73. The van der Waals surface area contributed by atoms with Crippen LogP contribution in [0.25, 0.3) is 0 Å². The highest BCUT2D eigenvalue weighted by Crippen LogP contribution is 2.11. The van der Waals surface area contributed by atoms with Gasteiger partial charge in [-0.15, -0.1) is 0 Å². The number of aliphatic hydroxyl groups is 2. The van der Waals surface area contributed by atoms with Gasteiger partial charge in [0.1, 0.15) is 0 Å². The molecule has 0 aliphatic heterocycles. The molecule has 0 fully saturated rings. The largest absolute Gasteiger partial charge is 0.462 e. The summed E-state index contributed by atoms with van der Waals surface area (Å²) >= 11 is 0. The van der Waals surface area contributed by atoms with Crippen LogP contribution in [0.3, 0.4) is 0 Å². The van der Waals surface area contributed by atoms with E-state index in [2.05, 4.69) is 5.32 Å². The summed E-state index contributed by atoms with van der Waals surface area (Å²) in [5, 5.41) is 20.0. The molecule has 6 nitrogen and oxygen atoms in total. The molecule has 18 heavy (non-hydrogen) atoms. The Labute approximate surface area is 104 Å². The molecule has 1 unspecified atom stereocenters. The molecule has 98 valence electrons. The topological polar surface area (TPSA) is 95.9 Å². The number of aliphatic hydroxyl groups excluding tert-OH is 2. The lowest BCUT2D eigenvalue weighted by molar-refractivity contribution is -0.125. The molecule has 1 aromatic rings. The Hall–Kier alpha value is -1.92. The van der Waals surface area contributed by atoms with Gasteiger partial charge in [0.25, 0.3) is 5.91 Å². The molecule has 0 saturated carbocycles. The lowest BCUT2D eigenvalue weighted by atomic mass is 10.2. The summed E-state index contributed by atoms with van der Waals surface area (Å²) in [5.74, 6) is -1.15. The van der Waals surface area contributed by atoms with Crippen LogP contribution in [-0.2, 0) is 9.53 Å². The van der Waals surface area contributed by atoms with Gasteiger partial charge in [-0.2, -0.15) is 0 Å². The number of hydrogen-bond donors (Lipinski definition) is 3. The summed E-state index contributed by atoms with van der Waals surface area (Å²) in [5.41, 5.74) is 0.790. The average Bonchev–Trinajstić information content (AvgIpc) is 2.38. The Balaban J connectivity index is 2.66. The first-order valence-electron chi connectivity index (χ1n) is 5.45. The molecule has 1 aromatic carbocycles. The minimum atomic E-state index is -1.46. The van der Waals surface area contributed by atoms with E-state index in [0.29, 0.717) is 17.9 Å². The Kier molecular flexibility index (Phi) is 5.29. The Morgan fingerprint density at radius 3 is 2.44 bits per heavy atom. The number of esters is 1.